The minimum absolute atomic E-state index is 0.0240. The van der Waals surface area contributed by atoms with Crippen molar-refractivity contribution in [3.63, 3.8) is 0 Å². The van der Waals surface area contributed by atoms with Crippen molar-refractivity contribution in [2.24, 2.45) is 5.92 Å². The lowest BCUT2D eigenvalue weighted by atomic mass is 9.72. The maximum atomic E-state index is 12.7. The van der Waals surface area contributed by atoms with E-state index in [1.807, 2.05) is 6.92 Å². The SMILES string of the molecule is CCCC(=O)[C@@H]1CCCC[C@]1(O[Si](C)(C)C(C)(C)C)C(=O)OC. The van der Waals surface area contributed by atoms with Crippen LogP contribution in [0.2, 0.25) is 18.1 Å². The van der Waals surface area contributed by atoms with Gasteiger partial charge in [-0.15, -0.1) is 0 Å². The third-order valence-electron chi connectivity index (χ3n) is 5.51. The molecule has 0 radical (unpaired) electrons. The standard InChI is InChI=1S/C18H34O4Si/c1-8-11-15(19)14-12-9-10-13-18(14,16(20)21-5)22-23(6,7)17(2,3)4/h14H,8-13H2,1-7H3/t14-,18+/m0/s1. The summed E-state index contributed by atoms with van der Waals surface area (Å²) in [7, 11) is -0.809. The first-order valence-corrected chi connectivity index (χ1v) is 11.7. The topological polar surface area (TPSA) is 52.6 Å². The third kappa shape index (κ3) is 4.24. The molecule has 0 unspecified atom stereocenters. The number of hydrogen-bond acceptors (Lipinski definition) is 4. The molecule has 134 valence electrons. The molecular formula is C18H34O4Si. The van der Waals surface area contributed by atoms with Crippen molar-refractivity contribution < 1.29 is 18.8 Å². The van der Waals surface area contributed by atoms with Gasteiger partial charge in [0, 0.05) is 6.42 Å². The fourth-order valence-electron chi connectivity index (χ4n) is 3.17. The van der Waals surface area contributed by atoms with E-state index < -0.39 is 13.9 Å². The van der Waals surface area contributed by atoms with Crippen LogP contribution in [0.3, 0.4) is 0 Å². The van der Waals surface area contributed by atoms with Gasteiger partial charge in [0.1, 0.15) is 5.78 Å². The van der Waals surface area contributed by atoms with Crippen molar-refractivity contribution in [2.75, 3.05) is 7.11 Å². The summed E-state index contributed by atoms with van der Waals surface area (Å²) in [5, 5.41) is -0.0240. The van der Waals surface area contributed by atoms with Gasteiger partial charge in [-0.1, -0.05) is 34.1 Å². The van der Waals surface area contributed by atoms with Gasteiger partial charge in [0.15, 0.2) is 13.9 Å². The summed E-state index contributed by atoms with van der Waals surface area (Å²) in [5.74, 6) is -0.578. The number of Topliss-reactive ketones (excluding diaryl/α,β-unsaturated/α-hetero) is 1. The number of rotatable bonds is 6. The second-order valence-corrected chi connectivity index (χ2v) is 13.0. The molecule has 1 fully saturated rings. The Balaban J connectivity index is 3.28. The quantitative estimate of drug-likeness (QED) is 0.527. The molecule has 0 aliphatic heterocycles. The highest BCUT2D eigenvalue weighted by atomic mass is 28.4. The zero-order valence-electron chi connectivity index (χ0n) is 16.0. The molecule has 1 aliphatic rings. The van der Waals surface area contributed by atoms with E-state index in [-0.39, 0.29) is 22.7 Å². The number of methoxy groups -OCH3 is 1. The highest BCUT2D eigenvalue weighted by Gasteiger charge is 2.56. The molecule has 2 atom stereocenters. The Hall–Kier alpha value is -0.683. The summed E-state index contributed by atoms with van der Waals surface area (Å²) < 4.78 is 11.7. The van der Waals surface area contributed by atoms with E-state index in [2.05, 4.69) is 33.9 Å². The molecule has 0 aromatic carbocycles. The molecule has 23 heavy (non-hydrogen) atoms. The Kier molecular flexibility index (Phi) is 6.61. The van der Waals surface area contributed by atoms with Gasteiger partial charge < -0.3 is 9.16 Å². The maximum absolute atomic E-state index is 12.7. The van der Waals surface area contributed by atoms with Crippen molar-refractivity contribution in [1.82, 2.24) is 0 Å². The molecule has 0 saturated heterocycles. The number of carbonyl (C=O) groups excluding carboxylic acids is 2. The second-order valence-electron chi connectivity index (χ2n) is 8.26. The molecular weight excluding hydrogens is 308 g/mol. The van der Waals surface area contributed by atoms with Gasteiger partial charge in [-0.2, -0.15) is 0 Å². The molecule has 1 saturated carbocycles. The molecule has 0 heterocycles. The average molecular weight is 343 g/mol. The van der Waals surface area contributed by atoms with Crippen molar-refractivity contribution >= 4 is 20.1 Å². The van der Waals surface area contributed by atoms with Crippen LogP contribution < -0.4 is 0 Å². The van der Waals surface area contributed by atoms with Crippen LogP contribution in [-0.2, 0) is 18.8 Å². The smallest absolute Gasteiger partial charge is 0.337 e. The van der Waals surface area contributed by atoms with Crippen LogP contribution in [0.15, 0.2) is 0 Å². The lowest BCUT2D eigenvalue weighted by Gasteiger charge is -2.48. The molecule has 1 aliphatic carbocycles. The van der Waals surface area contributed by atoms with E-state index in [0.29, 0.717) is 12.8 Å². The molecule has 0 amide bonds. The first-order valence-electron chi connectivity index (χ1n) is 8.83. The van der Waals surface area contributed by atoms with E-state index in [1.54, 1.807) is 0 Å². The molecule has 1 rings (SSSR count). The van der Waals surface area contributed by atoms with Gasteiger partial charge >= 0.3 is 5.97 Å². The third-order valence-corrected chi connectivity index (χ3v) is 10.0. The maximum Gasteiger partial charge on any atom is 0.337 e. The highest BCUT2D eigenvalue weighted by molar-refractivity contribution is 6.74. The minimum Gasteiger partial charge on any atom is -0.467 e. The van der Waals surface area contributed by atoms with E-state index in [0.717, 1.165) is 25.7 Å². The molecule has 0 aromatic heterocycles. The Labute approximate surface area is 142 Å². The van der Waals surface area contributed by atoms with Gasteiger partial charge in [0.2, 0.25) is 0 Å². The van der Waals surface area contributed by atoms with E-state index >= 15 is 0 Å². The van der Waals surface area contributed by atoms with Crippen LogP contribution in [0.5, 0.6) is 0 Å². The van der Waals surface area contributed by atoms with E-state index in [1.165, 1.54) is 7.11 Å². The minimum atomic E-state index is -2.21. The largest absolute Gasteiger partial charge is 0.467 e. The zero-order valence-corrected chi connectivity index (χ0v) is 17.0. The highest BCUT2D eigenvalue weighted by Crippen LogP contribution is 2.46. The Bertz CT molecular complexity index is 439. The Morgan fingerprint density at radius 2 is 1.83 bits per heavy atom. The number of ketones is 1. The normalized spacial score (nSPS) is 26.0. The van der Waals surface area contributed by atoms with Crippen LogP contribution >= 0.6 is 0 Å². The summed E-state index contributed by atoms with van der Waals surface area (Å²) in [6, 6.07) is 0. The summed E-state index contributed by atoms with van der Waals surface area (Å²) >= 11 is 0. The summed E-state index contributed by atoms with van der Waals surface area (Å²) in [6.45, 7) is 12.7. The first-order chi connectivity index (χ1) is 10.5. The van der Waals surface area contributed by atoms with E-state index in [9.17, 15) is 9.59 Å². The number of hydrogen-bond donors (Lipinski definition) is 0. The predicted molar refractivity (Wildman–Crippen MR) is 94.9 cm³/mol. The lowest BCUT2D eigenvalue weighted by Crippen LogP contribution is -2.60. The first kappa shape index (κ1) is 20.4. The van der Waals surface area contributed by atoms with Gasteiger partial charge in [-0.05, 0) is 43.8 Å². The van der Waals surface area contributed by atoms with Crippen LogP contribution in [-0.4, -0.2) is 32.8 Å². The second kappa shape index (κ2) is 7.47. The van der Waals surface area contributed by atoms with Gasteiger partial charge in [-0.25, -0.2) is 4.79 Å². The predicted octanol–water partition coefficient (Wildman–Crippen LogP) is 4.48. The van der Waals surface area contributed by atoms with Crippen LogP contribution in [0.1, 0.15) is 66.2 Å². The number of ether oxygens (including phenoxy) is 1. The Morgan fingerprint density at radius 3 is 2.30 bits per heavy atom. The summed E-state index contributed by atoms with van der Waals surface area (Å²) in [4.78, 5) is 25.4. The molecule has 5 heteroatoms. The molecule has 0 aromatic rings. The Morgan fingerprint density at radius 1 is 1.22 bits per heavy atom. The van der Waals surface area contributed by atoms with Crippen LogP contribution in [0.25, 0.3) is 0 Å². The monoisotopic (exact) mass is 342 g/mol. The number of esters is 1. The lowest BCUT2D eigenvalue weighted by molar-refractivity contribution is -0.173. The van der Waals surface area contributed by atoms with Gasteiger partial charge in [0.05, 0.1) is 13.0 Å². The molecule has 4 nitrogen and oxygen atoms in total. The van der Waals surface area contributed by atoms with Gasteiger partial charge in [0.25, 0.3) is 0 Å². The molecule has 0 spiro atoms. The van der Waals surface area contributed by atoms with E-state index in [4.69, 9.17) is 9.16 Å². The van der Waals surface area contributed by atoms with Crippen LogP contribution in [0.4, 0.5) is 0 Å². The summed E-state index contributed by atoms with van der Waals surface area (Å²) in [5.41, 5.74) is -1.08. The average Bonchev–Trinajstić information content (AvgIpc) is 2.45. The van der Waals surface area contributed by atoms with Gasteiger partial charge in [-0.3, -0.25) is 4.79 Å². The van der Waals surface area contributed by atoms with Crippen molar-refractivity contribution in [2.45, 2.75) is 90.0 Å². The fraction of sp³-hybridized carbons (Fsp3) is 0.889. The fourth-order valence-corrected chi connectivity index (χ4v) is 4.72. The molecule has 0 bridgehead atoms. The van der Waals surface area contributed by atoms with Crippen molar-refractivity contribution in [1.29, 1.82) is 0 Å². The van der Waals surface area contributed by atoms with Crippen molar-refractivity contribution in [3.05, 3.63) is 0 Å². The van der Waals surface area contributed by atoms with Crippen LogP contribution in [0, 0.1) is 5.92 Å². The zero-order chi connectivity index (χ0) is 17.9. The number of carbonyl (C=O) groups is 2. The molecule has 0 N–H and O–H groups in total. The van der Waals surface area contributed by atoms with Crippen molar-refractivity contribution in [3.8, 4) is 0 Å². The summed E-state index contributed by atoms with van der Waals surface area (Å²) in [6.07, 6.45) is 4.49.